The van der Waals surface area contributed by atoms with Crippen LogP contribution in [-0.4, -0.2) is 11.2 Å². The van der Waals surface area contributed by atoms with E-state index in [9.17, 15) is 8.78 Å². The van der Waals surface area contributed by atoms with E-state index in [1.165, 1.54) is 12.1 Å². The molecule has 0 spiro atoms. The van der Waals surface area contributed by atoms with Crippen LogP contribution in [-0.2, 0) is 13.0 Å². The van der Waals surface area contributed by atoms with Gasteiger partial charge in [-0.15, -0.1) is 0 Å². The fourth-order valence-electron chi connectivity index (χ4n) is 2.09. The minimum Gasteiger partial charge on any atom is -0.483 e. The zero-order valence-electron chi connectivity index (χ0n) is 12.2. The molecule has 0 aliphatic carbocycles. The van der Waals surface area contributed by atoms with Gasteiger partial charge in [-0.05, 0) is 44.9 Å². The predicted molar refractivity (Wildman–Crippen MR) is 74.0 cm³/mol. The Labute approximate surface area is 121 Å². The SMILES string of the molecule is Cc1noc(C)c1COc1c(F)cc(CC(C)N)cc1F. The average molecular weight is 296 g/mol. The van der Waals surface area contributed by atoms with E-state index in [1.807, 2.05) is 0 Å². The van der Waals surface area contributed by atoms with Crippen molar-refractivity contribution < 1.29 is 18.0 Å². The van der Waals surface area contributed by atoms with E-state index in [1.54, 1.807) is 20.8 Å². The summed E-state index contributed by atoms with van der Waals surface area (Å²) in [4.78, 5) is 0. The molecule has 1 aromatic heterocycles. The zero-order valence-corrected chi connectivity index (χ0v) is 12.2. The van der Waals surface area contributed by atoms with E-state index in [0.717, 1.165) is 0 Å². The second kappa shape index (κ2) is 6.22. The van der Waals surface area contributed by atoms with Gasteiger partial charge in [0.25, 0.3) is 0 Å². The Hall–Kier alpha value is -1.95. The van der Waals surface area contributed by atoms with Crippen molar-refractivity contribution in [1.29, 1.82) is 0 Å². The molecule has 2 aromatic rings. The zero-order chi connectivity index (χ0) is 15.6. The van der Waals surface area contributed by atoms with Crippen LogP contribution in [0.4, 0.5) is 8.78 Å². The van der Waals surface area contributed by atoms with E-state index in [4.69, 9.17) is 15.0 Å². The van der Waals surface area contributed by atoms with Crippen molar-refractivity contribution in [2.75, 3.05) is 0 Å². The van der Waals surface area contributed by atoms with Crippen LogP contribution < -0.4 is 10.5 Å². The van der Waals surface area contributed by atoms with Gasteiger partial charge in [0.05, 0.1) is 11.3 Å². The van der Waals surface area contributed by atoms with Gasteiger partial charge in [0.15, 0.2) is 17.4 Å². The van der Waals surface area contributed by atoms with Gasteiger partial charge in [0.1, 0.15) is 12.4 Å². The molecule has 0 aliphatic heterocycles. The van der Waals surface area contributed by atoms with Crippen molar-refractivity contribution in [3.05, 3.63) is 46.3 Å². The van der Waals surface area contributed by atoms with Crippen LogP contribution in [0.1, 0.15) is 29.5 Å². The van der Waals surface area contributed by atoms with Crippen molar-refractivity contribution in [2.45, 2.75) is 39.8 Å². The predicted octanol–water partition coefficient (Wildman–Crippen LogP) is 3.04. The molecule has 114 valence electrons. The van der Waals surface area contributed by atoms with E-state index < -0.39 is 17.4 Å². The number of halogens is 2. The highest BCUT2D eigenvalue weighted by molar-refractivity contribution is 5.32. The summed E-state index contributed by atoms with van der Waals surface area (Å²) in [5.41, 5.74) is 7.46. The maximum Gasteiger partial charge on any atom is 0.191 e. The molecule has 1 aromatic carbocycles. The summed E-state index contributed by atoms with van der Waals surface area (Å²) in [6, 6.07) is 2.32. The van der Waals surface area contributed by atoms with Gasteiger partial charge in [-0.25, -0.2) is 8.78 Å². The molecule has 1 atom stereocenters. The highest BCUT2D eigenvalue weighted by atomic mass is 19.1. The third-order valence-electron chi connectivity index (χ3n) is 3.16. The second-order valence-corrected chi connectivity index (χ2v) is 5.16. The topological polar surface area (TPSA) is 61.3 Å². The lowest BCUT2D eigenvalue weighted by molar-refractivity contribution is 0.270. The van der Waals surface area contributed by atoms with Crippen molar-refractivity contribution in [3.8, 4) is 5.75 Å². The first kappa shape index (κ1) is 15.4. The lowest BCUT2D eigenvalue weighted by Gasteiger charge is -2.11. The van der Waals surface area contributed by atoms with E-state index >= 15 is 0 Å². The number of hydrogen-bond donors (Lipinski definition) is 1. The Kier molecular flexibility index (Phi) is 4.57. The number of ether oxygens (including phenoxy) is 1. The van der Waals surface area contributed by atoms with Gasteiger partial charge in [0, 0.05) is 6.04 Å². The number of benzene rings is 1. The summed E-state index contributed by atoms with van der Waals surface area (Å²) in [5, 5.41) is 3.76. The Morgan fingerprint density at radius 1 is 1.29 bits per heavy atom. The third-order valence-corrected chi connectivity index (χ3v) is 3.16. The summed E-state index contributed by atoms with van der Waals surface area (Å²) in [6.45, 7) is 5.24. The summed E-state index contributed by atoms with van der Waals surface area (Å²) < 4.78 is 38.1. The molecule has 0 saturated carbocycles. The number of nitrogens with zero attached hydrogens (tertiary/aromatic N) is 1. The molecule has 4 nitrogen and oxygen atoms in total. The fourth-order valence-corrected chi connectivity index (χ4v) is 2.09. The molecule has 0 radical (unpaired) electrons. The maximum absolute atomic E-state index is 13.9. The highest BCUT2D eigenvalue weighted by Crippen LogP contribution is 2.25. The smallest absolute Gasteiger partial charge is 0.191 e. The Morgan fingerprint density at radius 2 is 1.90 bits per heavy atom. The number of aromatic nitrogens is 1. The molecule has 0 fully saturated rings. The Morgan fingerprint density at radius 3 is 2.38 bits per heavy atom. The fraction of sp³-hybridized carbons (Fsp3) is 0.400. The molecule has 0 saturated heterocycles. The molecule has 1 unspecified atom stereocenters. The van der Waals surface area contributed by atoms with Crippen LogP contribution in [0.5, 0.6) is 5.75 Å². The number of aryl methyl sites for hydroxylation is 2. The third kappa shape index (κ3) is 3.58. The molecule has 0 aliphatic rings. The lowest BCUT2D eigenvalue weighted by Crippen LogP contribution is -2.18. The van der Waals surface area contributed by atoms with Gasteiger partial charge in [-0.1, -0.05) is 5.16 Å². The van der Waals surface area contributed by atoms with E-state index in [-0.39, 0.29) is 12.6 Å². The van der Waals surface area contributed by atoms with Crippen molar-refractivity contribution in [3.63, 3.8) is 0 Å². The molecule has 2 rings (SSSR count). The lowest BCUT2D eigenvalue weighted by atomic mass is 10.1. The molecule has 2 N–H and O–H groups in total. The number of rotatable bonds is 5. The largest absolute Gasteiger partial charge is 0.483 e. The van der Waals surface area contributed by atoms with Crippen molar-refractivity contribution >= 4 is 0 Å². The van der Waals surface area contributed by atoms with E-state index in [2.05, 4.69) is 5.16 Å². The van der Waals surface area contributed by atoms with Gasteiger partial charge in [-0.2, -0.15) is 0 Å². The van der Waals surface area contributed by atoms with Crippen molar-refractivity contribution in [1.82, 2.24) is 5.16 Å². The summed E-state index contributed by atoms with van der Waals surface area (Å²) in [5.74, 6) is -1.31. The van der Waals surface area contributed by atoms with Gasteiger partial charge >= 0.3 is 0 Å². The first-order chi connectivity index (χ1) is 9.88. The minimum absolute atomic E-state index is 0.00163. The van der Waals surface area contributed by atoms with Crippen LogP contribution in [0.3, 0.4) is 0 Å². The van der Waals surface area contributed by atoms with E-state index in [0.29, 0.717) is 29.0 Å². The van der Waals surface area contributed by atoms with Crippen LogP contribution in [0.15, 0.2) is 16.7 Å². The molecule has 0 amide bonds. The summed E-state index contributed by atoms with van der Waals surface area (Å²) in [7, 11) is 0. The maximum atomic E-state index is 13.9. The van der Waals surface area contributed by atoms with Gasteiger partial charge in [0.2, 0.25) is 0 Å². The first-order valence-electron chi connectivity index (χ1n) is 6.66. The molecular formula is C15H18F2N2O2. The molecular weight excluding hydrogens is 278 g/mol. The average Bonchev–Trinajstić information content (AvgIpc) is 2.68. The molecule has 21 heavy (non-hydrogen) atoms. The van der Waals surface area contributed by atoms with Crippen molar-refractivity contribution in [2.24, 2.45) is 5.73 Å². The Balaban J connectivity index is 2.17. The minimum atomic E-state index is -0.739. The normalized spacial score (nSPS) is 12.5. The first-order valence-corrected chi connectivity index (χ1v) is 6.66. The monoisotopic (exact) mass is 296 g/mol. The molecule has 6 heteroatoms. The Bertz CT molecular complexity index is 596. The number of nitrogens with two attached hydrogens (primary N) is 1. The quantitative estimate of drug-likeness (QED) is 0.921. The summed E-state index contributed by atoms with van der Waals surface area (Å²) >= 11 is 0. The molecule has 1 heterocycles. The standard InChI is InChI=1S/C15H18F2N2O2/c1-8(18)4-11-5-13(16)15(14(17)6-11)20-7-12-9(2)19-21-10(12)3/h5-6,8H,4,7,18H2,1-3H3. The second-order valence-electron chi connectivity index (χ2n) is 5.16. The van der Waals surface area contributed by atoms with Gasteiger partial charge < -0.3 is 15.0 Å². The van der Waals surface area contributed by atoms with Crippen LogP contribution in [0.25, 0.3) is 0 Å². The highest BCUT2D eigenvalue weighted by Gasteiger charge is 2.16. The number of hydrogen-bond acceptors (Lipinski definition) is 4. The van der Waals surface area contributed by atoms with Crippen LogP contribution in [0.2, 0.25) is 0 Å². The van der Waals surface area contributed by atoms with Crippen LogP contribution in [0, 0.1) is 25.5 Å². The summed E-state index contributed by atoms with van der Waals surface area (Å²) in [6.07, 6.45) is 0.401. The van der Waals surface area contributed by atoms with Crippen LogP contribution >= 0.6 is 0 Å². The molecule has 0 bridgehead atoms. The van der Waals surface area contributed by atoms with Gasteiger partial charge in [-0.3, -0.25) is 0 Å².